The number of carbonyl (C=O) groups is 2. The number of amides is 1. The number of aliphatic carboxylic acids is 1. The zero-order chi connectivity index (χ0) is 16.3. The van der Waals surface area contributed by atoms with Gasteiger partial charge < -0.3 is 10.0 Å². The first-order valence-corrected chi connectivity index (χ1v) is 7.76. The number of likely N-dealkylation sites (N-methyl/N-ethyl adjacent to an activating group) is 1. The highest BCUT2D eigenvalue weighted by molar-refractivity contribution is 6.30. The summed E-state index contributed by atoms with van der Waals surface area (Å²) >= 11 is 5.87. The minimum Gasteiger partial charge on any atom is -0.480 e. The SMILES string of the molecule is C[C@@H](c1ccc(Cl)cc1)N(C)C(=O)CN1CCC[C@H]1C(=O)O. The first-order chi connectivity index (χ1) is 10.4. The molecule has 0 aliphatic carbocycles. The van der Waals surface area contributed by atoms with Crippen molar-refractivity contribution in [3.05, 3.63) is 34.9 Å². The predicted molar refractivity (Wildman–Crippen MR) is 84.9 cm³/mol. The van der Waals surface area contributed by atoms with Gasteiger partial charge in [-0.1, -0.05) is 23.7 Å². The Kier molecular flexibility index (Phi) is 5.42. The zero-order valence-electron chi connectivity index (χ0n) is 12.8. The summed E-state index contributed by atoms with van der Waals surface area (Å²) in [5, 5.41) is 9.83. The fourth-order valence-corrected chi connectivity index (χ4v) is 2.89. The van der Waals surface area contributed by atoms with E-state index in [2.05, 4.69) is 0 Å². The molecule has 120 valence electrons. The molecule has 1 heterocycles. The molecular formula is C16H21ClN2O3. The zero-order valence-corrected chi connectivity index (χ0v) is 13.6. The molecule has 1 fully saturated rings. The van der Waals surface area contributed by atoms with E-state index in [1.807, 2.05) is 19.1 Å². The van der Waals surface area contributed by atoms with E-state index in [0.717, 1.165) is 12.0 Å². The maximum atomic E-state index is 12.4. The molecule has 0 saturated carbocycles. The van der Waals surface area contributed by atoms with E-state index in [-0.39, 0.29) is 18.5 Å². The van der Waals surface area contributed by atoms with Gasteiger partial charge in [0.2, 0.25) is 5.91 Å². The Morgan fingerprint density at radius 3 is 2.64 bits per heavy atom. The Bertz CT molecular complexity index is 547. The van der Waals surface area contributed by atoms with Crippen LogP contribution in [0.1, 0.15) is 31.4 Å². The molecule has 1 saturated heterocycles. The fraction of sp³-hybridized carbons (Fsp3) is 0.500. The van der Waals surface area contributed by atoms with Gasteiger partial charge in [0.1, 0.15) is 6.04 Å². The average molecular weight is 325 g/mol. The van der Waals surface area contributed by atoms with Crippen molar-refractivity contribution in [2.75, 3.05) is 20.1 Å². The third-order valence-electron chi connectivity index (χ3n) is 4.31. The molecule has 22 heavy (non-hydrogen) atoms. The Hall–Kier alpha value is -1.59. The van der Waals surface area contributed by atoms with Crippen LogP contribution in [0, 0.1) is 0 Å². The normalized spacial score (nSPS) is 19.9. The topological polar surface area (TPSA) is 60.9 Å². The summed E-state index contributed by atoms with van der Waals surface area (Å²) in [6.45, 7) is 2.75. The molecule has 2 rings (SSSR count). The molecule has 0 aromatic heterocycles. The van der Waals surface area contributed by atoms with Crippen molar-refractivity contribution in [3.8, 4) is 0 Å². The lowest BCUT2D eigenvalue weighted by Gasteiger charge is -2.28. The standard InChI is InChI=1S/C16H21ClN2O3/c1-11(12-5-7-13(17)8-6-12)18(2)15(20)10-19-9-3-4-14(19)16(21)22/h5-8,11,14H,3-4,9-10H2,1-2H3,(H,21,22)/t11-,14-/m0/s1. The van der Waals surface area contributed by atoms with E-state index in [1.54, 1.807) is 29.0 Å². The number of hydrogen-bond acceptors (Lipinski definition) is 3. The lowest BCUT2D eigenvalue weighted by Crippen LogP contribution is -2.44. The minimum atomic E-state index is -0.848. The van der Waals surface area contributed by atoms with Gasteiger partial charge in [-0.3, -0.25) is 14.5 Å². The number of rotatable bonds is 5. The third kappa shape index (κ3) is 3.78. The molecule has 1 aliphatic rings. The van der Waals surface area contributed by atoms with Crippen molar-refractivity contribution in [2.24, 2.45) is 0 Å². The summed E-state index contributed by atoms with van der Waals surface area (Å²) in [6.07, 6.45) is 1.43. The van der Waals surface area contributed by atoms with Crippen molar-refractivity contribution in [1.29, 1.82) is 0 Å². The quantitative estimate of drug-likeness (QED) is 0.903. The molecule has 1 aliphatic heterocycles. The van der Waals surface area contributed by atoms with Crippen LogP contribution in [0.3, 0.4) is 0 Å². The number of benzene rings is 1. The molecule has 1 aromatic rings. The van der Waals surface area contributed by atoms with Crippen molar-refractivity contribution < 1.29 is 14.7 Å². The maximum Gasteiger partial charge on any atom is 0.320 e. The smallest absolute Gasteiger partial charge is 0.320 e. The first-order valence-electron chi connectivity index (χ1n) is 7.38. The summed E-state index contributed by atoms with van der Waals surface area (Å²) in [6, 6.07) is 6.76. The van der Waals surface area contributed by atoms with Gasteiger partial charge >= 0.3 is 5.97 Å². The summed E-state index contributed by atoms with van der Waals surface area (Å²) in [4.78, 5) is 27.0. The number of carbonyl (C=O) groups excluding carboxylic acids is 1. The van der Waals surface area contributed by atoms with Crippen molar-refractivity contribution in [3.63, 3.8) is 0 Å². The van der Waals surface area contributed by atoms with E-state index in [9.17, 15) is 9.59 Å². The van der Waals surface area contributed by atoms with Gasteiger partial charge in [-0.25, -0.2) is 0 Å². The van der Waals surface area contributed by atoms with Gasteiger partial charge in [0.15, 0.2) is 0 Å². The second-order valence-corrected chi connectivity index (χ2v) is 6.14. The van der Waals surface area contributed by atoms with Crippen LogP contribution in [0.5, 0.6) is 0 Å². The number of nitrogens with zero attached hydrogens (tertiary/aromatic N) is 2. The van der Waals surface area contributed by atoms with Gasteiger partial charge in [0, 0.05) is 12.1 Å². The van der Waals surface area contributed by atoms with E-state index < -0.39 is 12.0 Å². The second kappa shape index (κ2) is 7.11. The van der Waals surface area contributed by atoms with E-state index >= 15 is 0 Å². The molecule has 0 spiro atoms. The van der Waals surface area contributed by atoms with Crippen LogP contribution >= 0.6 is 11.6 Å². The molecule has 6 heteroatoms. The van der Waals surface area contributed by atoms with Crippen LogP contribution in [0.4, 0.5) is 0 Å². The Balaban J connectivity index is 1.99. The summed E-state index contributed by atoms with van der Waals surface area (Å²) < 4.78 is 0. The Morgan fingerprint density at radius 1 is 1.41 bits per heavy atom. The summed E-state index contributed by atoms with van der Waals surface area (Å²) in [5.74, 6) is -0.922. The van der Waals surface area contributed by atoms with Crippen LogP contribution in [-0.4, -0.2) is 53.0 Å². The highest BCUT2D eigenvalue weighted by Gasteiger charge is 2.32. The highest BCUT2D eigenvalue weighted by atomic mass is 35.5. The highest BCUT2D eigenvalue weighted by Crippen LogP contribution is 2.22. The van der Waals surface area contributed by atoms with Crippen LogP contribution in [0.25, 0.3) is 0 Å². The van der Waals surface area contributed by atoms with Crippen molar-refractivity contribution in [2.45, 2.75) is 31.8 Å². The minimum absolute atomic E-state index is 0.0735. The fourth-order valence-electron chi connectivity index (χ4n) is 2.76. The second-order valence-electron chi connectivity index (χ2n) is 5.70. The lowest BCUT2D eigenvalue weighted by molar-refractivity contribution is -0.143. The lowest BCUT2D eigenvalue weighted by atomic mass is 10.1. The van der Waals surface area contributed by atoms with Gasteiger partial charge in [-0.05, 0) is 44.0 Å². The van der Waals surface area contributed by atoms with E-state index in [1.165, 1.54) is 0 Å². The molecule has 1 amide bonds. The Labute approximate surface area is 135 Å². The molecule has 0 radical (unpaired) electrons. The summed E-state index contributed by atoms with van der Waals surface area (Å²) in [5.41, 5.74) is 0.997. The van der Waals surface area contributed by atoms with E-state index in [0.29, 0.717) is 18.0 Å². The van der Waals surface area contributed by atoms with Crippen LogP contribution in [0.15, 0.2) is 24.3 Å². The van der Waals surface area contributed by atoms with Gasteiger partial charge in [0.05, 0.1) is 12.6 Å². The number of hydrogen-bond donors (Lipinski definition) is 1. The maximum absolute atomic E-state index is 12.4. The number of carboxylic acid groups (broad SMARTS) is 1. The monoisotopic (exact) mass is 324 g/mol. The third-order valence-corrected chi connectivity index (χ3v) is 4.57. The van der Waals surface area contributed by atoms with Gasteiger partial charge in [-0.2, -0.15) is 0 Å². The molecule has 0 bridgehead atoms. The van der Waals surface area contributed by atoms with Crippen LogP contribution in [0.2, 0.25) is 5.02 Å². The van der Waals surface area contributed by atoms with E-state index in [4.69, 9.17) is 16.7 Å². The molecule has 5 nitrogen and oxygen atoms in total. The predicted octanol–water partition coefficient (Wildman–Crippen LogP) is 2.41. The molecule has 0 unspecified atom stereocenters. The summed E-state index contributed by atoms with van der Waals surface area (Å²) in [7, 11) is 1.74. The van der Waals surface area contributed by atoms with Gasteiger partial charge in [0.25, 0.3) is 0 Å². The Morgan fingerprint density at radius 2 is 2.05 bits per heavy atom. The van der Waals surface area contributed by atoms with Crippen molar-refractivity contribution >= 4 is 23.5 Å². The number of likely N-dealkylation sites (tertiary alicyclic amines) is 1. The molecule has 2 atom stereocenters. The van der Waals surface area contributed by atoms with Crippen LogP contribution < -0.4 is 0 Å². The van der Waals surface area contributed by atoms with Gasteiger partial charge in [-0.15, -0.1) is 0 Å². The molecule has 1 aromatic carbocycles. The number of carboxylic acids is 1. The average Bonchev–Trinajstić information content (AvgIpc) is 2.94. The number of halogens is 1. The molecule has 1 N–H and O–H groups in total. The van der Waals surface area contributed by atoms with Crippen LogP contribution in [-0.2, 0) is 9.59 Å². The first kappa shape index (κ1) is 16.8. The molecular weight excluding hydrogens is 304 g/mol. The largest absolute Gasteiger partial charge is 0.480 e. The van der Waals surface area contributed by atoms with Crippen molar-refractivity contribution in [1.82, 2.24) is 9.80 Å².